The van der Waals surface area contributed by atoms with Crippen molar-refractivity contribution in [3.8, 4) is 0 Å². The third kappa shape index (κ3) is 6.14. The number of hydroxylamine groups is 1. The van der Waals surface area contributed by atoms with E-state index in [1.54, 1.807) is 24.3 Å². The van der Waals surface area contributed by atoms with Crippen molar-refractivity contribution >= 4 is 5.97 Å². The molecule has 9 N–H and O–H groups in total. The Morgan fingerprint density at radius 1 is 0.971 bits per heavy atom. The molecule has 14 heteroatoms. The minimum Gasteiger partial charge on any atom is -0.394 e. The highest BCUT2D eigenvalue weighted by Gasteiger charge is 2.57. The normalized spacial score (nSPS) is 39.8. The van der Waals surface area contributed by atoms with E-state index >= 15 is 0 Å². The molecule has 10 atom stereocenters. The van der Waals surface area contributed by atoms with Gasteiger partial charge < -0.3 is 59.9 Å². The van der Waals surface area contributed by atoms with Gasteiger partial charge in [0, 0.05) is 0 Å². The van der Waals surface area contributed by atoms with Crippen molar-refractivity contribution in [3.63, 3.8) is 0 Å². The van der Waals surface area contributed by atoms with Crippen LogP contribution in [0, 0.1) is 0 Å². The molecule has 2 saturated heterocycles. The number of hydrogen-bond acceptors (Lipinski definition) is 14. The number of nitrogens with one attached hydrogen (secondary N) is 1. The monoisotopic (exact) mass is 505 g/mol. The molecule has 35 heavy (non-hydrogen) atoms. The van der Waals surface area contributed by atoms with E-state index in [0.29, 0.717) is 0 Å². The van der Waals surface area contributed by atoms with Gasteiger partial charge in [-0.1, -0.05) is 30.3 Å². The van der Waals surface area contributed by atoms with Crippen LogP contribution in [0.15, 0.2) is 30.3 Å². The summed E-state index contributed by atoms with van der Waals surface area (Å²) >= 11 is 0. The molecule has 1 aromatic rings. The maximum absolute atomic E-state index is 12.4. The molecule has 198 valence electrons. The van der Waals surface area contributed by atoms with Crippen molar-refractivity contribution in [2.24, 2.45) is 0 Å². The van der Waals surface area contributed by atoms with Gasteiger partial charge in [0.05, 0.1) is 26.2 Å². The molecule has 0 aliphatic carbocycles. The molecule has 0 spiro atoms. The highest BCUT2D eigenvalue weighted by molar-refractivity contribution is 5.70. The van der Waals surface area contributed by atoms with Gasteiger partial charge in [-0.05, 0) is 5.56 Å². The summed E-state index contributed by atoms with van der Waals surface area (Å²) in [6.45, 7) is -1.63. The van der Waals surface area contributed by atoms with Gasteiger partial charge in [-0.2, -0.15) is 0 Å². The van der Waals surface area contributed by atoms with Crippen molar-refractivity contribution in [2.45, 2.75) is 73.9 Å². The third-order valence-corrected chi connectivity index (χ3v) is 5.99. The first-order chi connectivity index (χ1) is 16.6. The molecular weight excluding hydrogens is 474 g/mol. The van der Waals surface area contributed by atoms with Crippen LogP contribution in [0.1, 0.15) is 12.0 Å². The summed E-state index contributed by atoms with van der Waals surface area (Å²) in [6, 6.07) is 8.94. The number of rotatable bonds is 9. The van der Waals surface area contributed by atoms with Crippen LogP contribution in [0.4, 0.5) is 0 Å². The van der Waals surface area contributed by atoms with Gasteiger partial charge >= 0.3 is 5.97 Å². The van der Waals surface area contributed by atoms with Crippen LogP contribution in [-0.4, -0.2) is 121 Å². The van der Waals surface area contributed by atoms with E-state index in [2.05, 4.69) is 5.48 Å². The quantitative estimate of drug-likeness (QED) is 0.144. The standard InChI is InChI=1S/C21H31NO13/c23-8-11-17(13(26)15(28)19(31)32-11)33-20-16(29)14(27)18(30)21(9-24,34-20)6-12(25)35-22-7-10-4-2-1-3-5-10/h1-5,11,13-20,22-24,26-31H,6-9H2/t11-,13-,14-,15-,16-,17-,18-,19-,20+,21-/m1/s1. The fourth-order valence-corrected chi connectivity index (χ4v) is 3.94. The fraction of sp³-hybridized carbons (Fsp3) is 0.667. The molecule has 0 saturated carbocycles. The van der Waals surface area contributed by atoms with E-state index < -0.39 is 86.5 Å². The van der Waals surface area contributed by atoms with E-state index in [-0.39, 0.29) is 6.54 Å². The first kappa shape index (κ1) is 27.8. The van der Waals surface area contributed by atoms with Crippen LogP contribution in [0.3, 0.4) is 0 Å². The highest BCUT2D eigenvalue weighted by atomic mass is 16.7. The molecule has 2 heterocycles. The first-order valence-corrected chi connectivity index (χ1v) is 10.9. The molecule has 14 nitrogen and oxygen atoms in total. The molecule has 0 amide bonds. The Morgan fingerprint density at radius 3 is 2.29 bits per heavy atom. The van der Waals surface area contributed by atoms with Crippen molar-refractivity contribution in [1.82, 2.24) is 5.48 Å². The largest absolute Gasteiger partial charge is 0.394 e. The Labute approximate surface area is 199 Å². The molecule has 0 unspecified atom stereocenters. The van der Waals surface area contributed by atoms with Gasteiger partial charge in [-0.25, -0.2) is 0 Å². The summed E-state index contributed by atoms with van der Waals surface area (Å²) in [5.74, 6) is -0.982. The van der Waals surface area contributed by atoms with Crippen LogP contribution in [0.5, 0.6) is 0 Å². The van der Waals surface area contributed by atoms with Gasteiger partial charge in [-0.15, -0.1) is 5.48 Å². The minimum atomic E-state index is -2.19. The lowest BCUT2D eigenvalue weighted by atomic mass is 9.84. The lowest BCUT2D eigenvalue weighted by Gasteiger charge is -2.49. The maximum Gasteiger partial charge on any atom is 0.327 e. The Hall–Kier alpha value is -1.79. The van der Waals surface area contributed by atoms with Gasteiger partial charge in [0.2, 0.25) is 0 Å². The Balaban J connectivity index is 1.70. The van der Waals surface area contributed by atoms with E-state index in [4.69, 9.17) is 19.0 Å². The summed E-state index contributed by atoms with van der Waals surface area (Å²) in [4.78, 5) is 17.3. The maximum atomic E-state index is 12.4. The lowest BCUT2D eigenvalue weighted by molar-refractivity contribution is -0.375. The number of aliphatic hydroxyl groups excluding tert-OH is 8. The van der Waals surface area contributed by atoms with Crippen molar-refractivity contribution < 1.29 is 64.7 Å². The summed E-state index contributed by atoms with van der Waals surface area (Å²) in [5.41, 5.74) is 1.04. The number of carbonyl (C=O) groups is 1. The van der Waals surface area contributed by atoms with Crippen LogP contribution in [0.2, 0.25) is 0 Å². The topological polar surface area (TPSA) is 228 Å². The lowest BCUT2D eigenvalue weighted by Crippen LogP contribution is -2.69. The van der Waals surface area contributed by atoms with E-state index in [9.17, 15) is 45.6 Å². The van der Waals surface area contributed by atoms with Crippen LogP contribution < -0.4 is 5.48 Å². The van der Waals surface area contributed by atoms with Crippen molar-refractivity contribution in [1.29, 1.82) is 0 Å². The van der Waals surface area contributed by atoms with Gasteiger partial charge in [-0.3, -0.25) is 4.79 Å². The Morgan fingerprint density at radius 2 is 1.66 bits per heavy atom. The molecular formula is C21H31NO13. The van der Waals surface area contributed by atoms with Crippen LogP contribution in [0.25, 0.3) is 0 Å². The predicted octanol–water partition coefficient (Wildman–Crippen LogP) is -4.39. The second kappa shape index (κ2) is 12.0. The number of aliphatic hydroxyl groups is 8. The minimum absolute atomic E-state index is 0.158. The Bertz CT molecular complexity index is 814. The molecule has 2 aliphatic heterocycles. The number of ether oxygens (including phenoxy) is 3. The molecule has 2 aliphatic rings. The highest BCUT2D eigenvalue weighted by Crippen LogP contribution is 2.35. The zero-order chi connectivity index (χ0) is 25.8. The molecule has 3 rings (SSSR count). The zero-order valence-corrected chi connectivity index (χ0v) is 18.5. The Kier molecular flexibility index (Phi) is 9.50. The number of carbonyl (C=O) groups excluding carboxylic acids is 1. The molecule has 2 fully saturated rings. The van der Waals surface area contributed by atoms with Crippen molar-refractivity contribution in [2.75, 3.05) is 13.2 Å². The van der Waals surface area contributed by atoms with E-state index in [1.807, 2.05) is 6.07 Å². The number of hydrogen-bond donors (Lipinski definition) is 9. The summed E-state index contributed by atoms with van der Waals surface area (Å²) in [7, 11) is 0. The molecule has 0 radical (unpaired) electrons. The van der Waals surface area contributed by atoms with Gasteiger partial charge in [0.1, 0.15) is 48.3 Å². The summed E-state index contributed by atoms with van der Waals surface area (Å²) in [5, 5.41) is 80.4. The van der Waals surface area contributed by atoms with Crippen LogP contribution in [-0.2, 0) is 30.4 Å². The molecule has 0 aromatic heterocycles. The van der Waals surface area contributed by atoms with E-state index in [1.165, 1.54) is 0 Å². The predicted molar refractivity (Wildman–Crippen MR) is 112 cm³/mol. The van der Waals surface area contributed by atoms with E-state index in [0.717, 1.165) is 5.56 Å². The average Bonchev–Trinajstić information content (AvgIpc) is 2.86. The van der Waals surface area contributed by atoms with Crippen molar-refractivity contribution in [3.05, 3.63) is 35.9 Å². The number of benzene rings is 1. The van der Waals surface area contributed by atoms with Crippen LogP contribution >= 0.6 is 0 Å². The summed E-state index contributed by atoms with van der Waals surface area (Å²) in [6.07, 6.45) is -17.0. The third-order valence-electron chi connectivity index (χ3n) is 5.99. The second-order valence-corrected chi connectivity index (χ2v) is 8.42. The SMILES string of the molecule is O=C(C[C@]1(CO)O[C@H](O[C@H]2[C@H](O)[C@@H](O)[C@H](O)O[C@@H]2CO)[C@H](O)[C@@H](O)[C@H]1O)ONCc1ccccc1. The molecule has 1 aromatic carbocycles. The smallest absolute Gasteiger partial charge is 0.327 e. The van der Waals surface area contributed by atoms with Gasteiger partial charge in [0.25, 0.3) is 0 Å². The molecule has 0 bridgehead atoms. The van der Waals surface area contributed by atoms with Gasteiger partial charge in [0.15, 0.2) is 12.6 Å². The zero-order valence-electron chi connectivity index (χ0n) is 18.5. The second-order valence-electron chi connectivity index (χ2n) is 8.42. The first-order valence-electron chi connectivity index (χ1n) is 10.9. The fourth-order valence-electron chi connectivity index (χ4n) is 3.94. The average molecular weight is 505 g/mol. The summed E-state index contributed by atoms with van der Waals surface area (Å²) < 4.78 is 15.9.